The predicted molar refractivity (Wildman–Crippen MR) is 79.6 cm³/mol. The van der Waals surface area contributed by atoms with Crippen LogP contribution in [-0.2, 0) is 9.53 Å². The van der Waals surface area contributed by atoms with Crippen molar-refractivity contribution in [1.29, 1.82) is 0 Å². The first-order valence-electron chi connectivity index (χ1n) is 7.64. The molecule has 22 heavy (non-hydrogen) atoms. The summed E-state index contributed by atoms with van der Waals surface area (Å²) in [4.78, 5) is 28.1. The van der Waals surface area contributed by atoms with E-state index in [-0.39, 0.29) is 23.7 Å². The van der Waals surface area contributed by atoms with Gasteiger partial charge in [0, 0.05) is 32.8 Å². The summed E-state index contributed by atoms with van der Waals surface area (Å²) in [5.41, 5.74) is 0.307. The molecule has 2 saturated heterocycles. The molecule has 1 atom stereocenters. The Bertz CT molecular complexity index is 561. The number of phenolic OH excluding ortho intramolecular Hbond substituents is 1. The van der Waals surface area contributed by atoms with Gasteiger partial charge < -0.3 is 19.6 Å². The molecule has 2 heterocycles. The van der Waals surface area contributed by atoms with Gasteiger partial charge in [-0.25, -0.2) is 0 Å². The number of carbonyl (C=O) groups excluding carboxylic acids is 2. The van der Waals surface area contributed by atoms with E-state index in [4.69, 9.17) is 4.74 Å². The second-order valence-electron chi connectivity index (χ2n) is 5.64. The third-order valence-corrected chi connectivity index (χ3v) is 4.22. The molecule has 0 aliphatic carbocycles. The number of nitrogens with zero attached hydrogens (tertiary/aromatic N) is 2. The van der Waals surface area contributed by atoms with Crippen molar-refractivity contribution in [2.24, 2.45) is 0 Å². The number of phenols is 1. The van der Waals surface area contributed by atoms with Gasteiger partial charge in [0.15, 0.2) is 0 Å². The van der Waals surface area contributed by atoms with Crippen molar-refractivity contribution < 1.29 is 19.4 Å². The van der Waals surface area contributed by atoms with Crippen molar-refractivity contribution in [1.82, 2.24) is 9.80 Å². The molecule has 3 rings (SSSR count). The maximum absolute atomic E-state index is 12.4. The van der Waals surface area contributed by atoms with Crippen LogP contribution in [0.2, 0.25) is 0 Å². The number of carbonyl (C=O) groups is 2. The zero-order valence-electron chi connectivity index (χ0n) is 12.4. The van der Waals surface area contributed by atoms with Gasteiger partial charge in [0.1, 0.15) is 11.9 Å². The van der Waals surface area contributed by atoms with Gasteiger partial charge in [-0.15, -0.1) is 0 Å². The molecule has 1 aromatic carbocycles. The SMILES string of the molecule is O=C(c1ccccc1O)N1CCN(C(=O)C2CCCO2)CC1. The standard InChI is InChI=1S/C16H20N2O4/c19-13-5-2-1-4-12(13)15(20)17-7-9-18(10-8-17)16(21)14-6-3-11-22-14/h1-2,4-5,14,19H,3,6-11H2. The van der Waals surface area contributed by atoms with Gasteiger partial charge in [0.25, 0.3) is 11.8 Å². The first kappa shape index (κ1) is 14.8. The predicted octanol–water partition coefficient (Wildman–Crippen LogP) is 0.856. The minimum Gasteiger partial charge on any atom is -0.507 e. The maximum Gasteiger partial charge on any atom is 0.257 e. The Kier molecular flexibility index (Phi) is 4.29. The smallest absolute Gasteiger partial charge is 0.257 e. The largest absolute Gasteiger partial charge is 0.507 e. The normalized spacial score (nSPS) is 21.9. The Morgan fingerprint density at radius 2 is 1.77 bits per heavy atom. The third-order valence-electron chi connectivity index (χ3n) is 4.22. The second kappa shape index (κ2) is 6.36. The van der Waals surface area contributed by atoms with Crippen molar-refractivity contribution in [3.63, 3.8) is 0 Å². The number of para-hydroxylation sites is 1. The Balaban J connectivity index is 1.58. The van der Waals surface area contributed by atoms with Crippen molar-refractivity contribution in [2.75, 3.05) is 32.8 Å². The van der Waals surface area contributed by atoms with E-state index in [1.807, 2.05) is 0 Å². The quantitative estimate of drug-likeness (QED) is 0.879. The molecule has 1 N–H and O–H groups in total. The molecule has 6 nitrogen and oxygen atoms in total. The summed E-state index contributed by atoms with van der Waals surface area (Å²) in [7, 11) is 0. The molecule has 0 saturated carbocycles. The summed E-state index contributed by atoms with van der Waals surface area (Å²) in [5.74, 6) is -0.167. The molecule has 0 radical (unpaired) electrons. The van der Waals surface area contributed by atoms with E-state index in [0.29, 0.717) is 38.3 Å². The minimum atomic E-state index is -0.305. The lowest BCUT2D eigenvalue weighted by atomic mass is 10.1. The maximum atomic E-state index is 12.4. The topological polar surface area (TPSA) is 70.1 Å². The van der Waals surface area contributed by atoms with E-state index in [1.54, 1.807) is 28.0 Å². The van der Waals surface area contributed by atoms with Crippen LogP contribution in [0.15, 0.2) is 24.3 Å². The Morgan fingerprint density at radius 1 is 1.09 bits per heavy atom. The number of ether oxygens (including phenoxy) is 1. The zero-order valence-corrected chi connectivity index (χ0v) is 12.4. The van der Waals surface area contributed by atoms with E-state index >= 15 is 0 Å². The number of rotatable bonds is 2. The van der Waals surface area contributed by atoms with Crippen molar-refractivity contribution in [3.05, 3.63) is 29.8 Å². The van der Waals surface area contributed by atoms with Crippen molar-refractivity contribution in [3.8, 4) is 5.75 Å². The third kappa shape index (κ3) is 2.92. The Morgan fingerprint density at radius 3 is 2.41 bits per heavy atom. The van der Waals surface area contributed by atoms with Crippen molar-refractivity contribution >= 4 is 11.8 Å². The molecule has 0 spiro atoms. The molecule has 2 aliphatic heterocycles. The van der Waals surface area contributed by atoms with Gasteiger partial charge in [-0.05, 0) is 25.0 Å². The fraction of sp³-hybridized carbons (Fsp3) is 0.500. The average molecular weight is 304 g/mol. The van der Waals surface area contributed by atoms with Crippen LogP contribution < -0.4 is 0 Å². The van der Waals surface area contributed by atoms with Crippen LogP contribution in [0.5, 0.6) is 5.75 Å². The van der Waals surface area contributed by atoms with Crippen molar-refractivity contribution in [2.45, 2.75) is 18.9 Å². The fourth-order valence-corrected chi connectivity index (χ4v) is 2.93. The highest BCUT2D eigenvalue weighted by atomic mass is 16.5. The molecule has 2 amide bonds. The highest BCUT2D eigenvalue weighted by molar-refractivity contribution is 5.97. The van der Waals surface area contributed by atoms with E-state index in [9.17, 15) is 14.7 Å². The van der Waals surface area contributed by atoms with Gasteiger partial charge in [-0.1, -0.05) is 12.1 Å². The van der Waals surface area contributed by atoms with E-state index < -0.39 is 0 Å². The number of hydrogen-bond donors (Lipinski definition) is 1. The summed E-state index contributed by atoms with van der Waals surface area (Å²) in [5, 5.41) is 9.77. The molecule has 6 heteroatoms. The lowest BCUT2D eigenvalue weighted by Gasteiger charge is -2.35. The lowest BCUT2D eigenvalue weighted by Crippen LogP contribution is -2.52. The summed E-state index contributed by atoms with van der Waals surface area (Å²) in [6.07, 6.45) is 1.42. The molecule has 1 aromatic rings. The van der Waals surface area contributed by atoms with Crippen LogP contribution in [0.1, 0.15) is 23.2 Å². The summed E-state index contributed by atoms with van der Waals surface area (Å²) in [6.45, 7) is 2.63. The Labute approximate surface area is 129 Å². The van der Waals surface area contributed by atoms with E-state index in [0.717, 1.165) is 12.8 Å². The molecule has 2 fully saturated rings. The summed E-state index contributed by atoms with van der Waals surface area (Å²) in [6, 6.07) is 6.53. The van der Waals surface area contributed by atoms with Gasteiger partial charge in [0.05, 0.1) is 5.56 Å². The molecular weight excluding hydrogens is 284 g/mol. The van der Waals surface area contributed by atoms with Crippen LogP contribution in [0.4, 0.5) is 0 Å². The lowest BCUT2D eigenvalue weighted by molar-refractivity contribution is -0.142. The number of piperazine rings is 1. The van der Waals surface area contributed by atoms with Crippen LogP contribution in [0.25, 0.3) is 0 Å². The molecular formula is C16H20N2O4. The van der Waals surface area contributed by atoms with Crippen LogP contribution in [-0.4, -0.2) is 65.6 Å². The number of hydrogen-bond acceptors (Lipinski definition) is 4. The Hall–Kier alpha value is -2.08. The van der Waals surface area contributed by atoms with Gasteiger partial charge in [0.2, 0.25) is 0 Å². The zero-order chi connectivity index (χ0) is 15.5. The fourth-order valence-electron chi connectivity index (χ4n) is 2.93. The molecule has 0 bridgehead atoms. The second-order valence-corrected chi connectivity index (χ2v) is 5.64. The highest BCUT2D eigenvalue weighted by Gasteiger charge is 2.31. The highest BCUT2D eigenvalue weighted by Crippen LogP contribution is 2.20. The minimum absolute atomic E-state index is 0.00892. The van der Waals surface area contributed by atoms with E-state index in [2.05, 4.69) is 0 Å². The first-order chi connectivity index (χ1) is 10.7. The first-order valence-corrected chi connectivity index (χ1v) is 7.64. The van der Waals surface area contributed by atoms with Crippen LogP contribution in [0, 0.1) is 0 Å². The average Bonchev–Trinajstić information content (AvgIpc) is 3.09. The van der Waals surface area contributed by atoms with Gasteiger partial charge >= 0.3 is 0 Å². The van der Waals surface area contributed by atoms with E-state index in [1.165, 1.54) is 6.07 Å². The van der Waals surface area contributed by atoms with Crippen LogP contribution in [0.3, 0.4) is 0 Å². The number of amides is 2. The molecule has 2 aliphatic rings. The number of benzene rings is 1. The van der Waals surface area contributed by atoms with Crippen LogP contribution >= 0.6 is 0 Å². The summed E-state index contributed by atoms with van der Waals surface area (Å²) >= 11 is 0. The molecule has 0 aromatic heterocycles. The molecule has 118 valence electrons. The number of aromatic hydroxyl groups is 1. The van der Waals surface area contributed by atoms with Gasteiger partial charge in [-0.3, -0.25) is 9.59 Å². The van der Waals surface area contributed by atoms with Gasteiger partial charge in [-0.2, -0.15) is 0 Å². The molecule has 1 unspecified atom stereocenters. The summed E-state index contributed by atoms with van der Waals surface area (Å²) < 4.78 is 5.42. The monoisotopic (exact) mass is 304 g/mol.